The molecule has 9 heteroatoms. The molecule has 2 heterocycles. The van der Waals surface area contributed by atoms with Crippen LogP contribution in [0.4, 0.5) is 5.69 Å². The molecule has 0 fully saturated rings. The molecule has 0 bridgehead atoms. The number of benzene rings is 1. The van der Waals surface area contributed by atoms with Crippen LogP contribution in [0.3, 0.4) is 0 Å². The van der Waals surface area contributed by atoms with Gasteiger partial charge in [0.05, 0.1) is 16.8 Å². The lowest BCUT2D eigenvalue weighted by atomic mass is 9.97. The lowest BCUT2D eigenvalue weighted by Gasteiger charge is -2.12. The van der Waals surface area contributed by atoms with Crippen LogP contribution >= 0.6 is 55.0 Å². The molecule has 152 valence electrons. The predicted octanol–water partition coefficient (Wildman–Crippen LogP) is 5.44. The highest BCUT2D eigenvalue weighted by Gasteiger charge is 2.21. The zero-order valence-electron chi connectivity index (χ0n) is 16.0. The van der Waals surface area contributed by atoms with Crippen molar-refractivity contribution in [1.82, 2.24) is 9.55 Å². The Balaban J connectivity index is 1.55. The summed E-state index contributed by atoms with van der Waals surface area (Å²) in [6.45, 7) is 1.99. The number of aromatic nitrogens is 2. The molecule has 0 spiro atoms. The van der Waals surface area contributed by atoms with Crippen molar-refractivity contribution in [2.75, 3.05) is 11.1 Å². The molecular formula is C20H19Br2N3O2S2. The predicted molar refractivity (Wildman–Crippen MR) is 127 cm³/mol. The Labute approximate surface area is 193 Å². The number of rotatable bonds is 4. The van der Waals surface area contributed by atoms with Crippen LogP contribution in [-0.4, -0.2) is 21.2 Å². The van der Waals surface area contributed by atoms with E-state index in [1.807, 2.05) is 19.1 Å². The SMILES string of the molecule is Cc1cc(Br)c(NC(=O)CSc2nc3sc4c(c3c(=O)n2C)CCCC4)c(Br)c1. The summed E-state index contributed by atoms with van der Waals surface area (Å²) in [6, 6.07) is 3.90. The van der Waals surface area contributed by atoms with E-state index in [0.29, 0.717) is 10.8 Å². The number of carbonyl (C=O) groups excluding carboxylic acids is 1. The molecule has 4 rings (SSSR count). The van der Waals surface area contributed by atoms with Gasteiger partial charge in [-0.2, -0.15) is 0 Å². The molecule has 0 aliphatic heterocycles. The van der Waals surface area contributed by atoms with Crippen LogP contribution in [-0.2, 0) is 24.7 Å². The van der Waals surface area contributed by atoms with Gasteiger partial charge < -0.3 is 5.32 Å². The number of carbonyl (C=O) groups is 1. The van der Waals surface area contributed by atoms with Crippen molar-refractivity contribution in [2.45, 2.75) is 37.8 Å². The Morgan fingerprint density at radius 2 is 1.97 bits per heavy atom. The number of halogens is 2. The van der Waals surface area contributed by atoms with Crippen molar-refractivity contribution in [3.05, 3.63) is 47.4 Å². The van der Waals surface area contributed by atoms with E-state index in [0.717, 1.165) is 44.0 Å². The Morgan fingerprint density at radius 1 is 1.28 bits per heavy atom. The van der Waals surface area contributed by atoms with Gasteiger partial charge in [0.1, 0.15) is 4.83 Å². The molecule has 0 saturated heterocycles. The summed E-state index contributed by atoms with van der Waals surface area (Å²) in [5, 5.41) is 4.26. The largest absolute Gasteiger partial charge is 0.323 e. The van der Waals surface area contributed by atoms with Crippen molar-refractivity contribution >= 4 is 76.8 Å². The maximum Gasteiger partial charge on any atom is 0.262 e. The zero-order valence-corrected chi connectivity index (χ0v) is 20.8. The minimum absolute atomic E-state index is 0.0127. The number of nitrogens with zero attached hydrogens (tertiary/aromatic N) is 2. The summed E-state index contributed by atoms with van der Waals surface area (Å²) >= 11 is 9.89. The topological polar surface area (TPSA) is 64.0 Å². The van der Waals surface area contributed by atoms with E-state index in [9.17, 15) is 9.59 Å². The fraction of sp³-hybridized carbons (Fsp3) is 0.350. The van der Waals surface area contributed by atoms with Gasteiger partial charge in [-0.25, -0.2) is 4.98 Å². The lowest BCUT2D eigenvalue weighted by molar-refractivity contribution is -0.113. The van der Waals surface area contributed by atoms with Crippen LogP contribution in [0.2, 0.25) is 0 Å². The fourth-order valence-corrected chi connectivity index (χ4v) is 7.21. The van der Waals surface area contributed by atoms with Gasteiger partial charge >= 0.3 is 0 Å². The van der Waals surface area contributed by atoms with Gasteiger partial charge in [-0.3, -0.25) is 14.2 Å². The van der Waals surface area contributed by atoms with Gasteiger partial charge in [-0.1, -0.05) is 11.8 Å². The van der Waals surface area contributed by atoms with E-state index in [1.165, 1.54) is 28.6 Å². The molecule has 29 heavy (non-hydrogen) atoms. The molecular weight excluding hydrogens is 538 g/mol. The molecule has 1 amide bonds. The van der Waals surface area contributed by atoms with E-state index < -0.39 is 0 Å². The van der Waals surface area contributed by atoms with Gasteiger partial charge in [0.25, 0.3) is 5.56 Å². The second kappa shape index (κ2) is 8.53. The van der Waals surface area contributed by atoms with E-state index in [4.69, 9.17) is 4.98 Å². The number of amides is 1. The Morgan fingerprint density at radius 3 is 2.69 bits per heavy atom. The van der Waals surface area contributed by atoms with Crippen LogP contribution in [0.5, 0.6) is 0 Å². The minimum atomic E-state index is -0.153. The van der Waals surface area contributed by atoms with Gasteiger partial charge in [-0.15, -0.1) is 11.3 Å². The number of fused-ring (bicyclic) bond motifs is 3. The third-order valence-corrected chi connectivity index (χ3v) is 8.40. The average Bonchev–Trinajstić information content (AvgIpc) is 3.04. The Bertz CT molecular complexity index is 1160. The molecule has 1 aliphatic carbocycles. The van der Waals surface area contributed by atoms with Crippen molar-refractivity contribution in [2.24, 2.45) is 7.05 Å². The molecule has 0 atom stereocenters. The number of thiophene rings is 1. The van der Waals surface area contributed by atoms with Crippen LogP contribution in [0.15, 0.2) is 31.0 Å². The number of anilines is 1. The molecule has 3 aromatic rings. The first-order valence-electron chi connectivity index (χ1n) is 9.24. The summed E-state index contributed by atoms with van der Waals surface area (Å²) in [5.74, 6) is 0.0176. The minimum Gasteiger partial charge on any atom is -0.323 e. The monoisotopic (exact) mass is 555 g/mol. The molecule has 1 aliphatic rings. The number of thioether (sulfide) groups is 1. The molecule has 0 radical (unpaired) electrons. The maximum atomic E-state index is 12.9. The smallest absolute Gasteiger partial charge is 0.262 e. The van der Waals surface area contributed by atoms with Crippen LogP contribution in [0.25, 0.3) is 10.2 Å². The summed E-state index contributed by atoms with van der Waals surface area (Å²) in [5.41, 5.74) is 2.96. The number of hydrogen-bond donors (Lipinski definition) is 1. The molecule has 2 aromatic heterocycles. The quantitative estimate of drug-likeness (QED) is 0.343. The van der Waals surface area contributed by atoms with Crippen molar-refractivity contribution in [3.63, 3.8) is 0 Å². The number of hydrogen-bond acceptors (Lipinski definition) is 5. The molecule has 0 unspecified atom stereocenters. The van der Waals surface area contributed by atoms with Gasteiger partial charge in [0.15, 0.2) is 5.16 Å². The van der Waals surface area contributed by atoms with E-state index in [-0.39, 0.29) is 17.2 Å². The van der Waals surface area contributed by atoms with Crippen molar-refractivity contribution < 1.29 is 4.79 Å². The van der Waals surface area contributed by atoms with E-state index >= 15 is 0 Å². The van der Waals surface area contributed by atoms with Crippen LogP contribution < -0.4 is 10.9 Å². The zero-order chi connectivity index (χ0) is 20.7. The molecule has 5 nitrogen and oxygen atoms in total. The normalized spacial score (nSPS) is 13.5. The van der Waals surface area contributed by atoms with Gasteiger partial charge in [-0.05, 0) is 87.7 Å². The van der Waals surface area contributed by atoms with Gasteiger partial charge in [0.2, 0.25) is 5.91 Å². The second-order valence-electron chi connectivity index (χ2n) is 7.09. The highest BCUT2D eigenvalue weighted by molar-refractivity contribution is 9.11. The third-order valence-electron chi connectivity index (χ3n) is 4.94. The average molecular weight is 557 g/mol. The first-order valence-corrected chi connectivity index (χ1v) is 12.6. The summed E-state index contributed by atoms with van der Waals surface area (Å²) in [6.07, 6.45) is 4.29. The van der Waals surface area contributed by atoms with E-state index in [1.54, 1.807) is 23.0 Å². The van der Waals surface area contributed by atoms with Crippen molar-refractivity contribution in [3.8, 4) is 0 Å². The molecule has 1 aromatic carbocycles. The number of nitrogens with one attached hydrogen (secondary N) is 1. The first-order chi connectivity index (χ1) is 13.8. The highest BCUT2D eigenvalue weighted by Crippen LogP contribution is 2.35. The van der Waals surface area contributed by atoms with E-state index in [2.05, 4.69) is 37.2 Å². The first kappa shape index (κ1) is 21.1. The maximum absolute atomic E-state index is 12.9. The van der Waals surface area contributed by atoms with Crippen LogP contribution in [0.1, 0.15) is 28.8 Å². The molecule has 0 saturated carbocycles. The van der Waals surface area contributed by atoms with Crippen molar-refractivity contribution in [1.29, 1.82) is 0 Å². The van der Waals surface area contributed by atoms with Gasteiger partial charge in [0, 0.05) is 20.9 Å². The molecule has 1 N–H and O–H groups in total. The Kier molecular flexibility index (Phi) is 6.20. The fourth-order valence-electron chi connectivity index (χ4n) is 3.52. The second-order valence-corrected chi connectivity index (χ2v) is 10.8. The third kappa shape index (κ3) is 4.19. The highest BCUT2D eigenvalue weighted by atomic mass is 79.9. The number of aryl methyl sites for hydroxylation is 3. The summed E-state index contributed by atoms with van der Waals surface area (Å²) < 4.78 is 3.21. The summed E-state index contributed by atoms with van der Waals surface area (Å²) in [7, 11) is 1.73. The summed E-state index contributed by atoms with van der Waals surface area (Å²) in [4.78, 5) is 32.3. The van der Waals surface area contributed by atoms with Crippen LogP contribution in [0, 0.1) is 6.92 Å². The standard InChI is InChI=1S/C20H19Br2N3O2S2/c1-10-7-12(21)17(13(22)8-10)23-15(26)9-28-20-24-18-16(19(27)25(20)2)11-5-3-4-6-14(11)29-18/h7-8H,3-6,9H2,1-2H3,(H,23,26). The Hall–Kier alpha value is -1.16. The lowest BCUT2D eigenvalue weighted by Crippen LogP contribution is -2.22.